The zero-order valence-corrected chi connectivity index (χ0v) is 10.8. The Balaban J connectivity index is 2.53. The van der Waals surface area contributed by atoms with Crippen molar-refractivity contribution in [2.24, 2.45) is 17.8 Å². The quantitative estimate of drug-likeness (QED) is 0.510. The Kier molecular flexibility index (Phi) is 5.18. The topological polar surface area (TPSA) is 0 Å². The molecule has 3 atom stereocenters. The predicted octanol–water partition coefficient (Wildman–Crippen LogP) is 4.32. The largest absolute Gasteiger partial charge is 0.150 e. The average Bonchev–Trinajstić information content (AvgIpc) is 2.19. The second-order valence-corrected chi connectivity index (χ2v) is 5.25. The van der Waals surface area contributed by atoms with Gasteiger partial charge in [-0.25, -0.2) is 0 Å². The van der Waals surface area contributed by atoms with Gasteiger partial charge >= 0.3 is 0 Å². The molecule has 0 aliphatic heterocycles. The van der Waals surface area contributed by atoms with Crippen molar-refractivity contribution < 1.29 is 0 Å². The summed E-state index contributed by atoms with van der Waals surface area (Å²) in [6.45, 7) is 4.70. The molecule has 0 aromatic rings. The number of thiol groups is 2. The van der Waals surface area contributed by atoms with Crippen LogP contribution in [0.15, 0.2) is 22.5 Å². The molecule has 2 heteroatoms. The van der Waals surface area contributed by atoms with Gasteiger partial charge in [-0.2, -0.15) is 12.6 Å². The van der Waals surface area contributed by atoms with Gasteiger partial charge in [0.2, 0.25) is 0 Å². The molecule has 1 fully saturated rings. The summed E-state index contributed by atoms with van der Waals surface area (Å²) >= 11 is 8.34. The zero-order chi connectivity index (χ0) is 10.6. The van der Waals surface area contributed by atoms with E-state index in [0.29, 0.717) is 0 Å². The van der Waals surface area contributed by atoms with E-state index in [4.69, 9.17) is 0 Å². The molecule has 1 saturated carbocycles. The molecule has 1 aliphatic rings. The molecule has 1 rings (SSSR count). The predicted molar refractivity (Wildman–Crippen MR) is 70.9 cm³/mol. The Bertz CT molecular complexity index is 230. The lowest BCUT2D eigenvalue weighted by molar-refractivity contribution is 0.244. The van der Waals surface area contributed by atoms with Crippen molar-refractivity contribution in [1.82, 2.24) is 0 Å². The van der Waals surface area contributed by atoms with Crippen LogP contribution in [0.3, 0.4) is 0 Å². The average molecular weight is 228 g/mol. The second-order valence-electron chi connectivity index (χ2n) is 4.47. The summed E-state index contributed by atoms with van der Waals surface area (Å²) in [6.07, 6.45) is 8.46. The van der Waals surface area contributed by atoms with E-state index in [0.717, 1.165) is 22.7 Å². The highest BCUT2D eigenvalue weighted by Crippen LogP contribution is 2.34. The number of hydrogen-bond acceptors (Lipinski definition) is 2. The van der Waals surface area contributed by atoms with Crippen LogP contribution in [-0.4, -0.2) is 0 Å². The van der Waals surface area contributed by atoms with E-state index in [1.165, 1.54) is 19.3 Å². The van der Waals surface area contributed by atoms with Gasteiger partial charge < -0.3 is 0 Å². The SMILES string of the molecule is CC1CCC(C)C(C=C/C(S)=C/S)C1. The first-order chi connectivity index (χ1) is 6.63. The highest BCUT2D eigenvalue weighted by molar-refractivity contribution is 7.88. The molecule has 0 bridgehead atoms. The number of rotatable bonds is 2. The van der Waals surface area contributed by atoms with E-state index in [1.807, 2.05) is 0 Å². The van der Waals surface area contributed by atoms with Crippen molar-refractivity contribution in [1.29, 1.82) is 0 Å². The summed E-state index contributed by atoms with van der Waals surface area (Å²) in [5.74, 6) is 2.43. The Labute approximate surface area is 98.7 Å². The molecule has 0 heterocycles. The normalized spacial score (nSPS) is 35.1. The summed E-state index contributed by atoms with van der Waals surface area (Å²) in [7, 11) is 0. The van der Waals surface area contributed by atoms with Gasteiger partial charge in [0, 0.05) is 4.91 Å². The van der Waals surface area contributed by atoms with Crippen LogP contribution < -0.4 is 0 Å². The third-order valence-corrected chi connectivity index (χ3v) is 3.93. The molecule has 0 amide bonds. The Morgan fingerprint density at radius 2 is 2.00 bits per heavy atom. The van der Waals surface area contributed by atoms with Crippen LogP contribution in [0.25, 0.3) is 0 Å². The van der Waals surface area contributed by atoms with Gasteiger partial charge in [0.1, 0.15) is 0 Å². The molecule has 80 valence electrons. The summed E-state index contributed by atoms with van der Waals surface area (Å²) in [5, 5.41) is 1.73. The fraction of sp³-hybridized carbons (Fsp3) is 0.667. The minimum atomic E-state index is 0.731. The highest BCUT2D eigenvalue weighted by Gasteiger charge is 2.22. The minimum Gasteiger partial charge on any atom is -0.150 e. The summed E-state index contributed by atoms with van der Waals surface area (Å²) in [6, 6.07) is 0. The molecule has 0 aromatic heterocycles. The second kappa shape index (κ2) is 5.92. The van der Waals surface area contributed by atoms with Crippen LogP contribution >= 0.6 is 25.3 Å². The molecule has 0 radical (unpaired) electrons. The molecule has 14 heavy (non-hydrogen) atoms. The third-order valence-electron chi connectivity index (χ3n) is 3.17. The van der Waals surface area contributed by atoms with E-state index in [2.05, 4.69) is 51.3 Å². The maximum atomic E-state index is 4.28. The lowest BCUT2D eigenvalue weighted by Crippen LogP contribution is -2.19. The van der Waals surface area contributed by atoms with Gasteiger partial charge in [0.05, 0.1) is 0 Å². The van der Waals surface area contributed by atoms with Crippen molar-refractivity contribution in [3.8, 4) is 0 Å². The molecule has 3 unspecified atom stereocenters. The molecule has 0 nitrogen and oxygen atoms in total. The summed E-state index contributed by atoms with van der Waals surface area (Å²) in [5.41, 5.74) is 0. The zero-order valence-electron chi connectivity index (χ0n) is 8.98. The molecule has 0 aromatic carbocycles. The first kappa shape index (κ1) is 12.3. The van der Waals surface area contributed by atoms with E-state index in [9.17, 15) is 0 Å². The van der Waals surface area contributed by atoms with Gasteiger partial charge in [-0.3, -0.25) is 0 Å². The van der Waals surface area contributed by atoms with Gasteiger partial charge in [0.25, 0.3) is 0 Å². The van der Waals surface area contributed by atoms with Gasteiger partial charge in [-0.1, -0.05) is 32.4 Å². The number of hydrogen-bond donors (Lipinski definition) is 2. The van der Waals surface area contributed by atoms with E-state index >= 15 is 0 Å². The third kappa shape index (κ3) is 3.74. The van der Waals surface area contributed by atoms with Gasteiger partial charge in [-0.05, 0) is 36.0 Å². The first-order valence-corrected chi connectivity index (χ1v) is 6.31. The Morgan fingerprint density at radius 3 is 2.64 bits per heavy atom. The van der Waals surface area contributed by atoms with Gasteiger partial charge in [0.15, 0.2) is 0 Å². The number of allylic oxidation sites excluding steroid dienone is 2. The molecule has 0 saturated heterocycles. The smallest absolute Gasteiger partial charge is 0.00974 e. The van der Waals surface area contributed by atoms with Crippen LogP contribution in [-0.2, 0) is 0 Å². The standard InChI is InChI=1S/C12H20S2/c1-9-3-4-10(2)11(7-9)5-6-12(14)8-13/h5-6,8-11,13-14H,3-4,7H2,1-2H3/b6-5?,12-8-. The maximum absolute atomic E-state index is 4.28. The van der Waals surface area contributed by atoms with Crippen LogP contribution in [0, 0.1) is 17.8 Å². The van der Waals surface area contributed by atoms with E-state index < -0.39 is 0 Å². The lowest BCUT2D eigenvalue weighted by atomic mass is 9.75. The van der Waals surface area contributed by atoms with Crippen LogP contribution in [0.5, 0.6) is 0 Å². The Morgan fingerprint density at radius 1 is 1.29 bits per heavy atom. The van der Waals surface area contributed by atoms with Crippen LogP contribution in [0.1, 0.15) is 33.1 Å². The Hall–Kier alpha value is 0.180. The fourth-order valence-electron chi connectivity index (χ4n) is 2.11. The molecule has 1 aliphatic carbocycles. The van der Waals surface area contributed by atoms with Gasteiger partial charge in [-0.15, -0.1) is 12.6 Å². The summed E-state index contributed by atoms with van der Waals surface area (Å²) in [4.78, 5) is 0.943. The van der Waals surface area contributed by atoms with Crippen molar-refractivity contribution >= 4 is 25.3 Å². The van der Waals surface area contributed by atoms with Crippen LogP contribution in [0.2, 0.25) is 0 Å². The monoisotopic (exact) mass is 228 g/mol. The van der Waals surface area contributed by atoms with Crippen molar-refractivity contribution in [2.75, 3.05) is 0 Å². The summed E-state index contributed by atoms with van der Waals surface area (Å²) < 4.78 is 0. The molecule has 0 spiro atoms. The minimum absolute atomic E-state index is 0.731. The fourth-order valence-corrected chi connectivity index (χ4v) is 2.28. The lowest BCUT2D eigenvalue weighted by Gasteiger charge is -2.30. The maximum Gasteiger partial charge on any atom is 0.00974 e. The van der Waals surface area contributed by atoms with Crippen LogP contribution in [0.4, 0.5) is 0 Å². The van der Waals surface area contributed by atoms with Crippen molar-refractivity contribution in [2.45, 2.75) is 33.1 Å². The van der Waals surface area contributed by atoms with Crippen molar-refractivity contribution in [3.63, 3.8) is 0 Å². The highest BCUT2D eigenvalue weighted by atomic mass is 32.1. The molecule has 0 N–H and O–H groups in total. The van der Waals surface area contributed by atoms with E-state index in [-0.39, 0.29) is 0 Å². The van der Waals surface area contributed by atoms with E-state index in [1.54, 1.807) is 5.41 Å². The molecular formula is C12H20S2. The first-order valence-electron chi connectivity index (χ1n) is 5.35. The molecular weight excluding hydrogens is 208 g/mol. The van der Waals surface area contributed by atoms with Crippen molar-refractivity contribution in [3.05, 3.63) is 22.5 Å².